The molecule has 0 rings (SSSR count). The number of carbonyl (C=O) groups excluding carboxylic acids is 1. The highest BCUT2D eigenvalue weighted by Crippen LogP contribution is 1.79. The van der Waals surface area contributed by atoms with Crippen molar-refractivity contribution in [3.63, 3.8) is 0 Å². The van der Waals surface area contributed by atoms with E-state index in [9.17, 15) is 4.79 Å². The number of carbonyl (C=O) groups is 1. The third-order valence-corrected chi connectivity index (χ3v) is 0.840. The lowest BCUT2D eigenvalue weighted by molar-refractivity contribution is -0.139. The van der Waals surface area contributed by atoms with Crippen LogP contribution in [-0.2, 0) is 14.3 Å². The Morgan fingerprint density at radius 3 is 2.82 bits per heavy atom. The molecule has 0 spiro atoms. The van der Waals surface area contributed by atoms with Gasteiger partial charge in [-0.15, -0.1) is 0 Å². The van der Waals surface area contributed by atoms with E-state index in [1.54, 1.807) is 0 Å². The molecule has 0 bridgehead atoms. The third-order valence-electron chi connectivity index (χ3n) is 0.840. The summed E-state index contributed by atoms with van der Waals surface area (Å²) < 4.78 is 9.40. The normalized spacial score (nSPS) is 8.73. The zero-order valence-corrected chi connectivity index (χ0v) is 6.21. The quantitative estimate of drug-likeness (QED) is 0.262. The van der Waals surface area contributed by atoms with Crippen molar-refractivity contribution in [3.05, 3.63) is 12.7 Å². The van der Waals surface area contributed by atoms with Gasteiger partial charge in [-0.3, -0.25) is 0 Å². The molecule has 0 fully saturated rings. The van der Waals surface area contributed by atoms with Gasteiger partial charge in [0.15, 0.2) is 0 Å². The first-order chi connectivity index (χ1) is 5.31. The molecule has 62 valence electrons. The molecule has 0 aliphatic heterocycles. The molecule has 0 saturated heterocycles. The van der Waals surface area contributed by atoms with Gasteiger partial charge in [0.1, 0.15) is 6.61 Å². The van der Waals surface area contributed by atoms with Crippen LogP contribution in [0.4, 0.5) is 0 Å². The van der Waals surface area contributed by atoms with Gasteiger partial charge in [0.05, 0.1) is 13.2 Å². The van der Waals surface area contributed by atoms with Gasteiger partial charge < -0.3 is 14.9 Å². The molecule has 0 aromatic heterocycles. The fraction of sp³-hybridized carbons (Fsp3) is 0.429. The van der Waals surface area contributed by atoms with Crippen LogP contribution >= 0.6 is 0 Å². The maximum Gasteiger partial charge on any atom is 0.330 e. The minimum atomic E-state index is -0.455. The molecule has 4 nitrogen and oxygen atoms in total. The third kappa shape index (κ3) is 6.73. The van der Waals surface area contributed by atoms with Crippen molar-refractivity contribution in [2.45, 2.75) is 0 Å². The van der Waals surface area contributed by atoms with E-state index in [0.717, 1.165) is 12.3 Å². The van der Waals surface area contributed by atoms with Gasteiger partial charge in [-0.25, -0.2) is 4.79 Å². The summed E-state index contributed by atoms with van der Waals surface area (Å²) in [6.07, 6.45) is 2.23. The molecule has 0 aromatic rings. The zero-order valence-electron chi connectivity index (χ0n) is 6.21. The molecule has 0 aliphatic carbocycles. The van der Waals surface area contributed by atoms with E-state index < -0.39 is 5.97 Å². The maximum absolute atomic E-state index is 10.4. The first-order valence-corrected chi connectivity index (χ1v) is 3.17. The molecular weight excluding hydrogens is 146 g/mol. The number of hydrogen-bond donors (Lipinski definition) is 1. The molecule has 0 unspecified atom stereocenters. The fourth-order valence-electron chi connectivity index (χ4n) is 0.402. The van der Waals surface area contributed by atoms with Crippen LogP contribution in [0.15, 0.2) is 12.7 Å². The minimum Gasteiger partial charge on any atom is -0.460 e. The molecule has 0 atom stereocenters. The van der Waals surface area contributed by atoms with Crippen LogP contribution in [0.2, 0.25) is 0 Å². The van der Waals surface area contributed by atoms with Crippen molar-refractivity contribution in [1.82, 2.24) is 0 Å². The van der Waals surface area contributed by atoms with Crippen molar-refractivity contribution in [3.8, 4) is 0 Å². The van der Waals surface area contributed by atoms with Gasteiger partial charge in [0.2, 0.25) is 0 Å². The summed E-state index contributed by atoms with van der Waals surface area (Å²) in [6.45, 7) is 4.00. The lowest BCUT2D eigenvalue weighted by Gasteiger charge is -2.00. The SMILES string of the molecule is C=CC(=O)OCCOCC=N. The second-order valence-electron chi connectivity index (χ2n) is 1.65. The van der Waals surface area contributed by atoms with E-state index in [-0.39, 0.29) is 13.2 Å². The first-order valence-electron chi connectivity index (χ1n) is 3.17. The van der Waals surface area contributed by atoms with E-state index in [2.05, 4.69) is 11.3 Å². The molecule has 0 radical (unpaired) electrons. The molecule has 0 aliphatic rings. The van der Waals surface area contributed by atoms with Gasteiger partial charge >= 0.3 is 5.97 Å². The second kappa shape index (κ2) is 6.95. The summed E-state index contributed by atoms with van der Waals surface area (Å²) in [7, 11) is 0. The van der Waals surface area contributed by atoms with Gasteiger partial charge in [-0.2, -0.15) is 0 Å². The van der Waals surface area contributed by atoms with Crippen LogP contribution in [0.3, 0.4) is 0 Å². The Balaban J connectivity index is 3.07. The molecule has 4 heteroatoms. The van der Waals surface area contributed by atoms with Crippen LogP contribution in [-0.4, -0.2) is 32.0 Å². The van der Waals surface area contributed by atoms with E-state index in [1.165, 1.54) is 0 Å². The van der Waals surface area contributed by atoms with E-state index in [1.807, 2.05) is 0 Å². The average molecular weight is 157 g/mol. The second-order valence-corrected chi connectivity index (χ2v) is 1.65. The number of nitrogens with one attached hydrogen (secondary N) is 1. The molecule has 0 saturated carbocycles. The summed E-state index contributed by atoms with van der Waals surface area (Å²) in [5, 5.41) is 6.58. The Morgan fingerprint density at radius 2 is 2.27 bits per heavy atom. The zero-order chi connectivity index (χ0) is 8.53. The fourth-order valence-corrected chi connectivity index (χ4v) is 0.402. The van der Waals surface area contributed by atoms with Crippen LogP contribution in [0.1, 0.15) is 0 Å². The highest BCUT2D eigenvalue weighted by atomic mass is 16.6. The summed E-state index contributed by atoms with van der Waals surface area (Å²) in [5.41, 5.74) is 0. The Morgan fingerprint density at radius 1 is 1.55 bits per heavy atom. The van der Waals surface area contributed by atoms with Crippen LogP contribution in [0, 0.1) is 5.41 Å². The minimum absolute atomic E-state index is 0.207. The van der Waals surface area contributed by atoms with Crippen molar-refractivity contribution >= 4 is 12.2 Å². The molecule has 0 heterocycles. The number of hydrogen-bond acceptors (Lipinski definition) is 4. The molecule has 1 N–H and O–H groups in total. The van der Waals surface area contributed by atoms with Gasteiger partial charge in [-0.1, -0.05) is 6.58 Å². The van der Waals surface area contributed by atoms with Gasteiger partial charge in [0.25, 0.3) is 0 Å². The van der Waals surface area contributed by atoms with E-state index in [0.29, 0.717) is 6.61 Å². The van der Waals surface area contributed by atoms with Crippen LogP contribution in [0.5, 0.6) is 0 Å². The largest absolute Gasteiger partial charge is 0.460 e. The first kappa shape index (κ1) is 9.84. The Hall–Kier alpha value is -1.16. The number of rotatable bonds is 6. The monoisotopic (exact) mass is 157 g/mol. The molecule has 0 amide bonds. The van der Waals surface area contributed by atoms with Crippen molar-refractivity contribution in [1.29, 1.82) is 5.41 Å². The van der Waals surface area contributed by atoms with Crippen LogP contribution < -0.4 is 0 Å². The standard InChI is InChI=1S/C7H11NO3/c1-2-7(9)11-6-5-10-4-3-8/h2-3,8H,1,4-6H2. The van der Waals surface area contributed by atoms with E-state index in [4.69, 9.17) is 10.1 Å². The predicted molar refractivity (Wildman–Crippen MR) is 40.8 cm³/mol. The lowest BCUT2D eigenvalue weighted by atomic mass is 10.6. The van der Waals surface area contributed by atoms with Gasteiger partial charge in [-0.05, 0) is 0 Å². The molecular formula is C7H11NO3. The molecule has 11 heavy (non-hydrogen) atoms. The Kier molecular flexibility index (Phi) is 6.22. The Labute approximate surface area is 65.3 Å². The summed E-state index contributed by atoms with van der Waals surface area (Å²) in [4.78, 5) is 10.4. The highest BCUT2D eigenvalue weighted by Gasteiger charge is 1.93. The topological polar surface area (TPSA) is 59.4 Å². The smallest absolute Gasteiger partial charge is 0.330 e. The Bertz CT molecular complexity index is 145. The highest BCUT2D eigenvalue weighted by molar-refractivity contribution is 5.81. The van der Waals surface area contributed by atoms with Crippen molar-refractivity contribution < 1.29 is 14.3 Å². The number of ether oxygens (including phenoxy) is 2. The average Bonchev–Trinajstić information content (AvgIpc) is 2.04. The molecule has 0 aromatic carbocycles. The van der Waals surface area contributed by atoms with Crippen LogP contribution in [0.25, 0.3) is 0 Å². The summed E-state index contributed by atoms with van der Waals surface area (Å²) >= 11 is 0. The van der Waals surface area contributed by atoms with E-state index >= 15 is 0 Å². The van der Waals surface area contributed by atoms with Gasteiger partial charge in [0, 0.05) is 12.3 Å². The van der Waals surface area contributed by atoms with Crippen molar-refractivity contribution in [2.75, 3.05) is 19.8 Å². The maximum atomic E-state index is 10.4. The summed E-state index contributed by atoms with van der Waals surface area (Å²) in [5.74, 6) is -0.455. The number of esters is 1. The predicted octanol–water partition coefficient (Wildman–Crippen LogP) is 0.382. The lowest BCUT2D eigenvalue weighted by Crippen LogP contribution is -2.08. The summed E-state index contributed by atoms with van der Waals surface area (Å²) in [6, 6.07) is 0. The van der Waals surface area contributed by atoms with Crippen molar-refractivity contribution in [2.24, 2.45) is 0 Å².